The van der Waals surface area contributed by atoms with Crippen molar-refractivity contribution in [2.45, 2.75) is 38.6 Å². The number of aryl methyl sites for hydroxylation is 1. The van der Waals surface area contributed by atoms with Crippen molar-refractivity contribution in [2.24, 2.45) is 5.92 Å². The molecule has 1 aliphatic heterocycles. The average Bonchev–Trinajstić information content (AvgIpc) is 3.15. The lowest BCUT2D eigenvalue weighted by atomic mass is 9.95. The first-order valence-corrected chi connectivity index (χ1v) is 7.09. The van der Waals surface area contributed by atoms with Crippen molar-refractivity contribution in [2.75, 3.05) is 24.5 Å². The number of nitrogens with zero attached hydrogens (tertiary/aromatic N) is 2. The zero-order valence-corrected chi connectivity index (χ0v) is 11.4. The molecule has 98 valence electrons. The molecular formula is C15H23N3. The molecule has 0 radical (unpaired) electrons. The highest BCUT2D eigenvalue weighted by Crippen LogP contribution is 2.41. The summed E-state index contributed by atoms with van der Waals surface area (Å²) >= 11 is 0. The Morgan fingerprint density at radius 1 is 1.39 bits per heavy atom. The van der Waals surface area contributed by atoms with E-state index in [2.05, 4.69) is 35.1 Å². The maximum absolute atomic E-state index is 4.34. The van der Waals surface area contributed by atoms with Crippen molar-refractivity contribution in [1.82, 2.24) is 10.3 Å². The zero-order valence-electron chi connectivity index (χ0n) is 11.4. The zero-order chi connectivity index (χ0) is 12.6. The molecule has 1 atom stereocenters. The molecule has 1 aromatic heterocycles. The van der Waals surface area contributed by atoms with Gasteiger partial charge in [0.1, 0.15) is 0 Å². The Kier molecular flexibility index (Phi) is 3.02. The third-order valence-corrected chi connectivity index (χ3v) is 4.36. The van der Waals surface area contributed by atoms with Gasteiger partial charge in [0.25, 0.3) is 0 Å². The summed E-state index contributed by atoms with van der Waals surface area (Å²) in [4.78, 5) is 6.85. The van der Waals surface area contributed by atoms with Crippen LogP contribution in [0.2, 0.25) is 0 Å². The molecule has 0 aromatic carbocycles. The molecule has 1 N–H and O–H groups in total. The standard InChI is InChI=1S/C15H23N3/c1-12-8-14(10-16-9-12)18-7-3-6-17-15(2,11-18)13-4-5-13/h8-10,13,17H,3-7,11H2,1-2H3. The molecule has 0 spiro atoms. The number of rotatable bonds is 2. The summed E-state index contributed by atoms with van der Waals surface area (Å²) in [6.07, 6.45) is 7.94. The minimum Gasteiger partial charge on any atom is -0.368 e. The molecule has 1 saturated carbocycles. The minimum atomic E-state index is 0.292. The lowest BCUT2D eigenvalue weighted by Gasteiger charge is -2.35. The van der Waals surface area contributed by atoms with Gasteiger partial charge >= 0.3 is 0 Å². The molecule has 3 nitrogen and oxygen atoms in total. The van der Waals surface area contributed by atoms with E-state index in [9.17, 15) is 0 Å². The Bertz CT molecular complexity index is 428. The Morgan fingerprint density at radius 2 is 2.22 bits per heavy atom. The average molecular weight is 245 g/mol. The second-order valence-electron chi connectivity index (χ2n) is 6.11. The van der Waals surface area contributed by atoms with Crippen molar-refractivity contribution >= 4 is 5.69 Å². The highest BCUT2D eigenvalue weighted by atomic mass is 15.2. The molecule has 1 saturated heterocycles. The highest BCUT2D eigenvalue weighted by Gasteiger charge is 2.43. The van der Waals surface area contributed by atoms with E-state index in [0.29, 0.717) is 5.54 Å². The van der Waals surface area contributed by atoms with E-state index < -0.39 is 0 Å². The summed E-state index contributed by atoms with van der Waals surface area (Å²) in [6, 6.07) is 2.26. The van der Waals surface area contributed by atoms with Gasteiger partial charge in [0.2, 0.25) is 0 Å². The molecule has 3 heteroatoms. The molecule has 0 amide bonds. The first-order valence-electron chi connectivity index (χ1n) is 7.09. The van der Waals surface area contributed by atoms with Gasteiger partial charge in [-0.3, -0.25) is 4.98 Å². The number of anilines is 1. The summed E-state index contributed by atoms with van der Waals surface area (Å²) in [5, 5.41) is 3.77. The van der Waals surface area contributed by atoms with Gasteiger partial charge in [0.05, 0.1) is 11.9 Å². The van der Waals surface area contributed by atoms with Crippen molar-refractivity contribution < 1.29 is 0 Å². The van der Waals surface area contributed by atoms with Crippen molar-refractivity contribution in [3.8, 4) is 0 Å². The summed E-state index contributed by atoms with van der Waals surface area (Å²) in [5.74, 6) is 0.871. The van der Waals surface area contributed by atoms with E-state index >= 15 is 0 Å². The third kappa shape index (κ3) is 2.37. The fraction of sp³-hybridized carbons (Fsp3) is 0.667. The molecule has 3 rings (SSSR count). The quantitative estimate of drug-likeness (QED) is 0.867. The van der Waals surface area contributed by atoms with Crippen LogP contribution in [-0.2, 0) is 0 Å². The third-order valence-electron chi connectivity index (χ3n) is 4.36. The maximum atomic E-state index is 4.34. The lowest BCUT2D eigenvalue weighted by molar-refractivity contribution is 0.331. The fourth-order valence-corrected chi connectivity index (χ4v) is 3.10. The van der Waals surface area contributed by atoms with Crippen LogP contribution in [-0.4, -0.2) is 30.2 Å². The topological polar surface area (TPSA) is 28.2 Å². The van der Waals surface area contributed by atoms with Crippen LogP contribution < -0.4 is 10.2 Å². The van der Waals surface area contributed by atoms with E-state index in [1.54, 1.807) is 0 Å². The first-order chi connectivity index (χ1) is 8.67. The predicted octanol–water partition coefficient (Wildman–Crippen LogP) is 2.36. The van der Waals surface area contributed by atoms with Crippen LogP contribution in [0, 0.1) is 12.8 Å². The second-order valence-corrected chi connectivity index (χ2v) is 6.11. The number of hydrogen-bond acceptors (Lipinski definition) is 3. The molecule has 1 aromatic rings. The number of hydrogen-bond donors (Lipinski definition) is 1. The van der Waals surface area contributed by atoms with Gasteiger partial charge in [0, 0.05) is 24.8 Å². The fourth-order valence-electron chi connectivity index (χ4n) is 3.10. The Morgan fingerprint density at radius 3 is 2.94 bits per heavy atom. The van der Waals surface area contributed by atoms with Crippen LogP contribution in [0.1, 0.15) is 31.7 Å². The predicted molar refractivity (Wildman–Crippen MR) is 74.9 cm³/mol. The van der Waals surface area contributed by atoms with Gasteiger partial charge in [-0.1, -0.05) is 0 Å². The molecule has 1 aliphatic carbocycles. The maximum Gasteiger partial charge on any atom is 0.0556 e. The van der Waals surface area contributed by atoms with Gasteiger partial charge in [-0.2, -0.15) is 0 Å². The Hall–Kier alpha value is -1.09. The van der Waals surface area contributed by atoms with E-state index in [1.807, 2.05) is 12.4 Å². The lowest BCUT2D eigenvalue weighted by Crippen LogP contribution is -2.51. The molecule has 2 aliphatic rings. The smallest absolute Gasteiger partial charge is 0.0556 e. The van der Waals surface area contributed by atoms with Crippen molar-refractivity contribution in [1.29, 1.82) is 0 Å². The van der Waals surface area contributed by atoms with Crippen LogP contribution >= 0.6 is 0 Å². The van der Waals surface area contributed by atoms with Crippen LogP contribution in [0.5, 0.6) is 0 Å². The normalized spacial score (nSPS) is 29.1. The Labute approximate surface area is 110 Å². The molecule has 2 heterocycles. The molecule has 0 bridgehead atoms. The van der Waals surface area contributed by atoms with E-state index in [1.165, 1.54) is 30.5 Å². The van der Waals surface area contributed by atoms with Gasteiger partial charge in [-0.05, 0) is 57.2 Å². The van der Waals surface area contributed by atoms with Gasteiger partial charge in [0.15, 0.2) is 0 Å². The van der Waals surface area contributed by atoms with Crippen LogP contribution in [0.15, 0.2) is 18.5 Å². The first kappa shape index (κ1) is 12.0. The van der Waals surface area contributed by atoms with Crippen LogP contribution in [0.25, 0.3) is 0 Å². The monoisotopic (exact) mass is 245 g/mol. The van der Waals surface area contributed by atoms with E-state index in [4.69, 9.17) is 0 Å². The van der Waals surface area contributed by atoms with Crippen LogP contribution in [0.4, 0.5) is 5.69 Å². The van der Waals surface area contributed by atoms with Crippen molar-refractivity contribution in [3.63, 3.8) is 0 Å². The summed E-state index contributed by atoms with van der Waals surface area (Å²) in [5.41, 5.74) is 2.82. The van der Waals surface area contributed by atoms with Gasteiger partial charge in [-0.25, -0.2) is 0 Å². The van der Waals surface area contributed by atoms with Crippen LogP contribution in [0.3, 0.4) is 0 Å². The number of pyridine rings is 1. The second kappa shape index (κ2) is 4.54. The number of nitrogens with one attached hydrogen (secondary N) is 1. The van der Waals surface area contributed by atoms with E-state index in [-0.39, 0.29) is 0 Å². The highest BCUT2D eigenvalue weighted by molar-refractivity contribution is 5.46. The van der Waals surface area contributed by atoms with Gasteiger partial charge in [-0.15, -0.1) is 0 Å². The molecule has 1 unspecified atom stereocenters. The molecule has 18 heavy (non-hydrogen) atoms. The largest absolute Gasteiger partial charge is 0.368 e. The number of aromatic nitrogens is 1. The van der Waals surface area contributed by atoms with Crippen molar-refractivity contribution in [3.05, 3.63) is 24.0 Å². The minimum absolute atomic E-state index is 0.292. The van der Waals surface area contributed by atoms with Gasteiger partial charge < -0.3 is 10.2 Å². The summed E-state index contributed by atoms with van der Waals surface area (Å²) < 4.78 is 0. The molecule has 2 fully saturated rings. The SMILES string of the molecule is Cc1cncc(N2CCCNC(C)(C3CC3)C2)c1. The summed E-state index contributed by atoms with van der Waals surface area (Å²) in [7, 11) is 0. The van der Waals surface area contributed by atoms with E-state index in [0.717, 1.165) is 25.6 Å². The molecular weight excluding hydrogens is 222 g/mol. The Balaban J connectivity index is 1.82. The summed E-state index contributed by atoms with van der Waals surface area (Å²) in [6.45, 7) is 7.91.